The molecule has 0 saturated heterocycles. The van der Waals surface area contributed by atoms with Gasteiger partial charge in [0.15, 0.2) is 5.13 Å². The summed E-state index contributed by atoms with van der Waals surface area (Å²) in [4.78, 5) is 58.0. The van der Waals surface area contributed by atoms with Crippen LogP contribution in [0.5, 0.6) is 0 Å². The quantitative estimate of drug-likeness (QED) is 0.699. The largest absolute Gasteiger partial charge is 0.337 e. The van der Waals surface area contributed by atoms with Crippen LogP contribution < -0.4 is 5.32 Å². The van der Waals surface area contributed by atoms with Crippen LogP contribution >= 0.6 is 11.3 Å². The first kappa shape index (κ1) is 19.9. The summed E-state index contributed by atoms with van der Waals surface area (Å²) in [6.45, 7) is 1.30. The molecule has 1 aliphatic carbocycles. The van der Waals surface area contributed by atoms with Crippen molar-refractivity contribution < 1.29 is 19.2 Å². The van der Waals surface area contributed by atoms with Gasteiger partial charge in [0.1, 0.15) is 0 Å². The Morgan fingerprint density at radius 3 is 2.52 bits per heavy atom. The lowest BCUT2D eigenvalue weighted by Gasteiger charge is -2.26. The zero-order valence-electron chi connectivity index (χ0n) is 16.9. The monoisotopic (exact) mass is 438 g/mol. The number of benzene rings is 1. The van der Waals surface area contributed by atoms with E-state index in [1.54, 1.807) is 29.2 Å². The predicted molar refractivity (Wildman–Crippen MR) is 114 cm³/mol. The number of aromatic nitrogens is 1. The van der Waals surface area contributed by atoms with Gasteiger partial charge in [-0.2, -0.15) is 0 Å². The highest BCUT2D eigenvalue weighted by molar-refractivity contribution is 7.15. The van der Waals surface area contributed by atoms with Gasteiger partial charge in [0.2, 0.25) is 11.8 Å². The summed E-state index contributed by atoms with van der Waals surface area (Å²) in [7, 11) is 0. The van der Waals surface area contributed by atoms with E-state index in [2.05, 4.69) is 10.3 Å². The topological polar surface area (TPSA) is 99.7 Å². The number of nitrogens with zero attached hydrogens (tertiary/aromatic N) is 3. The summed E-state index contributed by atoms with van der Waals surface area (Å²) >= 11 is 1.43. The van der Waals surface area contributed by atoms with Gasteiger partial charge < -0.3 is 10.2 Å². The van der Waals surface area contributed by atoms with E-state index < -0.39 is 0 Å². The van der Waals surface area contributed by atoms with E-state index in [-0.39, 0.29) is 42.5 Å². The summed E-state index contributed by atoms with van der Waals surface area (Å²) < 4.78 is 0. The van der Waals surface area contributed by atoms with Crippen molar-refractivity contribution in [1.82, 2.24) is 14.8 Å². The molecule has 2 aromatic rings. The van der Waals surface area contributed by atoms with Crippen molar-refractivity contribution in [2.45, 2.75) is 38.6 Å². The molecule has 0 unspecified atom stereocenters. The van der Waals surface area contributed by atoms with Crippen molar-refractivity contribution in [2.24, 2.45) is 5.92 Å². The summed E-state index contributed by atoms with van der Waals surface area (Å²) in [5.41, 5.74) is 1.81. The molecule has 0 spiro atoms. The number of anilines is 1. The van der Waals surface area contributed by atoms with E-state index in [1.165, 1.54) is 16.2 Å². The van der Waals surface area contributed by atoms with Gasteiger partial charge >= 0.3 is 0 Å². The lowest BCUT2D eigenvalue weighted by atomic mass is 10.1. The van der Waals surface area contributed by atoms with Crippen LogP contribution in [0.3, 0.4) is 0 Å². The van der Waals surface area contributed by atoms with Gasteiger partial charge in [-0.05, 0) is 31.4 Å². The van der Waals surface area contributed by atoms with Crippen molar-refractivity contribution in [2.75, 3.05) is 18.4 Å². The molecule has 5 rings (SSSR count). The second kappa shape index (κ2) is 7.88. The van der Waals surface area contributed by atoms with Crippen LogP contribution in [0.4, 0.5) is 5.13 Å². The first-order valence-corrected chi connectivity index (χ1v) is 11.4. The van der Waals surface area contributed by atoms with Gasteiger partial charge in [-0.3, -0.25) is 24.1 Å². The standard InChI is InChI=1S/C22H22N4O4S/c27-18(6-3-10-26-20(29)14-4-1-2-5-15(14)21(26)30)25-11-9-16-17(12-25)31-22(23-16)24-19(28)13-7-8-13/h1-2,4-5,13H,3,6-12H2,(H,23,24,28). The SMILES string of the molecule is O=C(Nc1nc2c(s1)CN(C(=O)CCCN1C(=O)c3ccccc3C1=O)CC2)C1CC1. The number of hydrogen-bond acceptors (Lipinski definition) is 6. The van der Waals surface area contributed by atoms with Crippen molar-refractivity contribution in [3.63, 3.8) is 0 Å². The Morgan fingerprint density at radius 2 is 1.84 bits per heavy atom. The highest BCUT2D eigenvalue weighted by atomic mass is 32.1. The number of carbonyl (C=O) groups is 4. The molecule has 3 aliphatic rings. The van der Waals surface area contributed by atoms with E-state index >= 15 is 0 Å². The Labute approximate surface area is 183 Å². The summed E-state index contributed by atoms with van der Waals surface area (Å²) in [6.07, 6.45) is 3.25. The van der Waals surface area contributed by atoms with E-state index in [1.807, 2.05) is 0 Å². The molecule has 8 nitrogen and oxygen atoms in total. The second-order valence-electron chi connectivity index (χ2n) is 8.13. The molecule has 1 N–H and O–H groups in total. The second-order valence-corrected chi connectivity index (χ2v) is 9.21. The molecule has 1 fully saturated rings. The van der Waals surface area contributed by atoms with Gasteiger partial charge in [-0.15, -0.1) is 0 Å². The Bertz CT molecular complexity index is 1060. The molecule has 2 aliphatic heterocycles. The molecule has 0 bridgehead atoms. The van der Waals surface area contributed by atoms with Crippen LogP contribution in [0.1, 0.15) is 57.0 Å². The lowest BCUT2D eigenvalue weighted by Crippen LogP contribution is -2.36. The number of hydrogen-bond donors (Lipinski definition) is 1. The van der Waals surface area contributed by atoms with Gasteiger partial charge in [0.05, 0.1) is 23.4 Å². The first-order valence-electron chi connectivity index (χ1n) is 10.5. The van der Waals surface area contributed by atoms with Crippen LogP contribution in [0.2, 0.25) is 0 Å². The minimum Gasteiger partial charge on any atom is -0.337 e. The zero-order chi connectivity index (χ0) is 21.5. The maximum Gasteiger partial charge on any atom is 0.261 e. The Morgan fingerprint density at radius 1 is 1.13 bits per heavy atom. The van der Waals surface area contributed by atoms with Crippen LogP contribution in [0, 0.1) is 5.92 Å². The van der Waals surface area contributed by atoms with Gasteiger partial charge in [0, 0.05) is 36.7 Å². The third-order valence-corrected chi connectivity index (χ3v) is 6.91. The van der Waals surface area contributed by atoms with Gasteiger partial charge in [-0.25, -0.2) is 4.98 Å². The van der Waals surface area contributed by atoms with Crippen molar-refractivity contribution in [3.8, 4) is 0 Å². The average Bonchev–Trinajstić information content (AvgIpc) is 3.51. The zero-order valence-corrected chi connectivity index (χ0v) is 17.7. The predicted octanol–water partition coefficient (Wildman–Crippen LogP) is 2.45. The summed E-state index contributed by atoms with van der Waals surface area (Å²) in [5, 5.41) is 3.49. The minimum absolute atomic E-state index is 0.000718. The average molecular weight is 439 g/mol. The van der Waals surface area contributed by atoms with E-state index in [9.17, 15) is 19.2 Å². The highest BCUT2D eigenvalue weighted by Gasteiger charge is 2.35. The Kier molecular flexibility index (Phi) is 5.05. The third kappa shape index (κ3) is 3.85. The molecular weight excluding hydrogens is 416 g/mol. The van der Waals surface area contributed by atoms with Crippen LogP contribution in [-0.2, 0) is 22.6 Å². The molecule has 1 aromatic heterocycles. The van der Waals surface area contributed by atoms with Crippen LogP contribution in [-0.4, -0.2) is 51.5 Å². The number of nitrogens with one attached hydrogen (secondary N) is 1. The third-order valence-electron chi connectivity index (χ3n) is 5.91. The fourth-order valence-electron chi connectivity index (χ4n) is 4.00. The minimum atomic E-state index is -0.291. The molecule has 1 saturated carbocycles. The summed E-state index contributed by atoms with van der Waals surface area (Å²) in [6, 6.07) is 6.79. The molecular formula is C22H22N4O4S. The van der Waals surface area contributed by atoms with E-state index in [4.69, 9.17) is 0 Å². The number of thiazole rings is 1. The molecule has 4 amide bonds. The van der Waals surface area contributed by atoms with Crippen LogP contribution in [0.15, 0.2) is 24.3 Å². The maximum absolute atomic E-state index is 12.7. The fraction of sp³-hybridized carbons (Fsp3) is 0.409. The Hall–Kier alpha value is -3.07. The molecule has 0 atom stereocenters. The number of amides is 4. The molecule has 9 heteroatoms. The van der Waals surface area contributed by atoms with E-state index in [0.29, 0.717) is 42.2 Å². The molecule has 31 heavy (non-hydrogen) atoms. The fourth-order valence-corrected chi connectivity index (χ4v) is 5.03. The first-order chi connectivity index (χ1) is 15.0. The smallest absolute Gasteiger partial charge is 0.261 e. The summed E-state index contributed by atoms with van der Waals surface area (Å²) in [5.74, 6) is -0.422. The molecule has 1 aromatic carbocycles. The lowest BCUT2D eigenvalue weighted by molar-refractivity contribution is -0.132. The highest BCUT2D eigenvalue weighted by Crippen LogP contribution is 2.33. The number of carbonyl (C=O) groups excluding carboxylic acids is 4. The van der Waals surface area contributed by atoms with Crippen molar-refractivity contribution in [3.05, 3.63) is 46.0 Å². The number of rotatable bonds is 6. The molecule has 3 heterocycles. The van der Waals surface area contributed by atoms with Crippen LogP contribution in [0.25, 0.3) is 0 Å². The van der Waals surface area contributed by atoms with Crippen molar-refractivity contribution >= 4 is 40.1 Å². The van der Waals surface area contributed by atoms with Gasteiger partial charge in [-0.1, -0.05) is 23.5 Å². The number of fused-ring (bicyclic) bond motifs is 2. The number of imide groups is 1. The van der Waals surface area contributed by atoms with E-state index in [0.717, 1.165) is 23.4 Å². The van der Waals surface area contributed by atoms with Gasteiger partial charge in [0.25, 0.3) is 11.8 Å². The molecule has 0 radical (unpaired) electrons. The maximum atomic E-state index is 12.7. The normalized spacial score (nSPS) is 17.5. The Balaban J connectivity index is 1.14. The van der Waals surface area contributed by atoms with Crippen molar-refractivity contribution in [1.29, 1.82) is 0 Å². The molecule has 160 valence electrons.